The molecule has 0 unspecified atom stereocenters. The van der Waals surface area contributed by atoms with Crippen molar-refractivity contribution in [3.8, 4) is 0 Å². The Bertz CT molecular complexity index is 373. The minimum absolute atomic E-state index is 0. The van der Waals surface area contributed by atoms with E-state index in [1.807, 2.05) is 29.1 Å². The number of aromatic nitrogens is 1. The molecule has 1 heterocycles. The lowest BCUT2D eigenvalue weighted by Gasteiger charge is -2.02. The molecule has 0 spiro atoms. The Kier molecular flexibility index (Phi) is 12.2. The molecule has 0 aliphatic heterocycles. The second-order valence-electron chi connectivity index (χ2n) is 4.70. The van der Waals surface area contributed by atoms with Crippen molar-refractivity contribution in [2.75, 3.05) is 6.61 Å². The summed E-state index contributed by atoms with van der Waals surface area (Å²) < 4.78 is 7.55. The Morgan fingerprint density at radius 1 is 1.25 bits per heavy atom. The molecule has 0 aromatic carbocycles. The molecule has 1 rings (SSSR count). The Hall–Kier alpha value is -1.13. The van der Waals surface area contributed by atoms with E-state index in [1.54, 1.807) is 0 Å². The van der Waals surface area contributed by atoms with Crippen LogP contribution in [0.4, 0.5) is 0 Å². The number of rotatable bonds is 10. The number of hydrogen-bond acceptors (Lipinski definition) is 3. The lowest BCUT2D eigenvalue weighted by atomic mass is 10.1. The summed E-state index contributed by atoms with van der Waals surface area (Å²) in [5, 5.41) is 11.5. The molecule has 0 saturated heterocycles. The Labute approximate surface area is 127 Å². The highest BCUT2D eigenvalue weighted by atomic mass is 35.5. The predicted molar refractivity (Wildman–Crippen MR) is 75.3 cm³/mol. The molecule has 0 atom stereocenters. The van der Waals surface area contributed by atoms with Gasteiger partial charge in [0.05, 0.1) is 18.4 Å². The molecule has 0 aliphatic carbocycles. The van der Waals surface area contributed by atoms with E-state index >= 15 is 0 Å². The molecule has 1 N–H and O–H groups in total. The summed E-state index contributed by atoms with van der Waals surface area (Å²) in [4.78, 5) is 0. The first kappa shape index (κ1) is 18.9. The van der Waals surface area contributed by atoms with Crippen LogP contribution in [-0.2, 0) is 11.5 Å². The first-order chi connectivity index (χ1) is 9.36. The number of unbranched alkanes of at least 4 members (excludes halogenated alkanes) is 5. The fraction of sp³-hybridized carbons (Fsp3) is 0.600. The van der Waals surface area contributed by atoms with Gasteiger partial charge < -0.3 is 22.4 Å². The monoisotopic (exact) mass is 300 g/mol. The quantitative estimate of drug-likeness (QED) is 0.219. The van der Waals surface area contributed by atoms with E-state index in [1.165, 1.54) is 38.3 Å². The lowest BCUT2D eigenvalue weighted by molar-refractivity contribution is -0.732. The van der Waals surface area contributed by atoms with Crippen molar-refractivity contribution in [1.29, 1.82) is 0 Å². The summed E-state index contributed by atoms with van der Waals surface area (Å²) in [6, 6.07) is 3.79. The lowest BCUT2D eigenvalue weighted by Crippen LogP contribution is -3.00. The molecule has 0 bridgehead atoms. The number of ether oxygens (including phenoxy) is 1. The van der Waals surface area contributed by atoms with Gasteiger partial charge in [-0.25, -0.2) is 0 Å². The van der Waals surface area contributed by atoms with Gasteiger partial charge in [-0.3, -0.25) is 0 Å². The molecular weight excluding hydrogens is 276 g/mol. The Morgan fingerprint density at radius 3 is 2.75 bits per heavy atom. The molecule has 0 aliphatic rings. The third-order valence-corrected chi connectivity index (χ3v) is 2.97. The van der Waals surface area contributed by atoms with Crippen molar-refractivity contribution < 1.29 is 26.9 Å². The van der Waals surface area contributed by atoms with Crippen LogP contribution in [0.1, 0.15) is 51.0 Å². The predicted octanol–water partition coefficient (Wildman–Crippen LogP) is 0.121. The highest BCUT2D eigenvalue weighted by Crippen LogP contribution is 2.04. The largest absolute Gasteiger partial charge is 1.00 e. The third-order valence-electron chi connectivity index (χ3n) is 2.97. The summed E-state index contributed by atoms with van der Waals surface area (Å²) in [5.74, 6) is 0. The minimum atomic E-state index is 0. The van der Waals surface area contributed by atoms with Crippen LogP contribution in [0.2, 0.25) is 0 Å². The average Bonchev–Trinajstić information content (AvgIpc) is 2.43. The van der Waals surface area contributed by atoms with Gasteiger partial charge >= 0.3 is 0 Å². The molecule has 114 valence electrons. The van der Waals surface area contributed by atoms with Crippen molar-refractivity contribution in [1.82, 2.24) is 0 Å². The Balaban J connectivity index is 0.00000361. The van der Waals surface area contributed by atoms with E-state index < -0.39 is 0 Å². The maximum Gasteiger partial charge on any atom is 0.252 e. The summed E-state index contributed by atoms with van der Waals surface area (Å²) in [6.45, 7) is 3.58. The summed E-state index contributed by atoms with van der Waals surface area (Å²) in [7, 11) is 0. The molecular formula is C15H25ClN2O2. The van der Waals surface area contributed by atoms with Crippen molar-refractivity contribution >= 4 is 6.21 Å². The summed E-state index contributed by atoms with van der Waals surface area (Å²) >= 11 is 0. The van der Waals surface area contributed by atoms with Gasteiger partial charge in [-0.1, -0.05) is 44.2 Å². The van der Waals surface area contributed by atoms with Gasteiger partial charge in [0.2, 0.25) is 0 Å². The van der Waals surface area contributed by atoms with E-state index in [9.17, 15) is 0 Å². The molecule has 0 radical (unpaired) electrons. The van der Waals surface area contributed by atoms with Crippen LogP contribution in [0, 0.1) is 0 Å². The molecule has 0 saturated carbocycles. The zero-order valence-corrected chi connectivity index (χ0v) is 12.9. The van der Waals surface area contributed by atoms with E-state index in [0.717, 1.165) is 18.6 Å². The van der Waals surface area contributed by atoms with Gasteiger partial charge in [0.15, 0.2) is 12.4 Å². The van der Waals surface area contributed by atoms with Gasteiger partial charge in [0, 0.05) is 6.07 Å². The van der Waals surface area contributed by atoms with E-state index in [4.69, 9.17) is 9.94 Å². The smallest absolute Gasteiger partial charge is 0.252 e. The molecule has 1 aromatic rings. The summed E-state index contributed by atoms with van der Waals surface area (Å²) in [5.41, 5.74) is 0.855. The molecule has 0 amide bonds. The van der Waals surface area contributed by atoms with Gasteiger partial charge in [-0.2, -0.15) is 4.57 Å². The van der Waals surface area contributed by atoms with Crippen LogP contribution in [0.5, 0.6) is 0 Å². The first-order valence-electron chi connectivity index (χ1n) is 7.11. The van der Waals surface area contributed by atoms with Crippen LogP contribution in [0.3, 0.4) is 0 Å². The maximum absolute atomic E-state index is 8.47. The number of halogens is 1. The molecule has 20 heavy (non-hydrogen) atoms. The second-order valence-corrected chi connectivity index (χ2v) is 4.70. The van der Waals surface area contributed by atoms with Crippen molar-refractivity contribution in [3.05, 3.63) is 30.1 Å². The zero-order valence-electron chi connectivity index (χ0n) is 12.2. The zero-order chi connectivity index (χ0) is 13.8. The van der Waals surface area contributed by atoms with Crippen molar-refractivity contribution in [2.24, 2.45) is 5.16 Å². The van der Waals surface area contributed by atoms with E-state index in [-0.39, 0.29) is 12.4 Å². The van der Waals surface area contributed by atoms with E-state index in [0.29, 0.717) is 6.73 Å². The Morgan fingerprint density at radius 2 is 2.00 bits per heavy atom. The molecule has 5 heteroatoms. The highest BCUT2D eigenvalue weighted by Gasteiger charge is 2.01. The standard InChI is InChI=1S/C15H24N2O2.ClH/c1-2-3-4-5-6-7-11-19-14-17-10-8-9-15(13-17)12-16-18;/h8-10,12-13H,2-7,11,14H2,1H3;1H/b16-12+;. The number of pyridine rings is 1. The second kappa shape index (κ2) is 12.9. The SMILES string of the molecule is CCCCCCCCOC[n+]1cccc(/C=N/O)c1.[Cl-]. The number of oxime groups is 1. The summed E-state index contributed by atoms with van der Waals surface area (Å²) in [6.07, 6.45) is 12.9. The van der Waals surface area contributed by atoms with Gasteiger partial charge in [0.1, 0.15) is 0 Å². The highest BCUT2D eigenvalue weighted by molar-refractivity contribution is 5.77. The van der Waals surface area contributed by atoms with Crippen LogP contribution < -0.4 is 17.0 Å². The van der Waals surface area contributed by atoms with Crippen LogP contribution in [-0.4, -0.2) is 18.0 Å². The molecule has 1 aromatic heterocycles. The van der Waals surface area contributed by atoms with Gasteiger partial charge in [-0.15, -0.1) is 0 Å². The van der Waals surface area contributed by atoms with Crippen molar-refractivity contribution in [3.63, 3.8) is 0 Å². The van der Waals surface area contributed by atoms with Gasteiger partial charge in [-0.05, 0) is 12.5 Å². The van der Waals surface area contributed by atoms with Crippen LogP contribution in [0.15, 0.2) is 29.7 Å². The maximum atomic E-state index is 8.47. The van der Waals surface area contributed by atoms with Gasteiger partial charge in [0.25, 0.3) is 6.73 Å². The van der Waals surface area contributed by atoms with Crippen LogP contribution >= 0.6 is 0 Å². The first-order valence-corrected chi connectivity index (χ1v) is 7.11. The van der Waals surface area contributed by atoms with E-state index in [2.05, 4.69) is 12.1 Å². The number of hydrogen-bond donors (Lipinski definition) is 1. The normalized spacial score (nSPS) is 10.7. The fourth-order valence-corrected chi connectivity index (χ4v) is 1.92. The molecule has 4 nitrogen and oxygen atoms in total. The average molecular weight is 301 g/mol. The number of nitrogens with zero attached hydrogens (tertiary/aromatic N) is 2. The topological polar surface area (TPSA) is 45.7 Å². The fourth-order valence-electron chi connectivity index (χ4n) is 1.92. The van der Waals surface area contributed by atoms with Crippen molar-refractivity contribution in [2.45, 2.75) is 52.2 Å². The van der Waals surface area contributed by atoms with Crippen LogP contribution in [0.25, 0.3) is 0 Å². The third kappa shape index (κ3) is 8.88. The molecule has 0 fully saturated rings. The minimum Gasteiger partial charge on any atom is -1.00 e.